The second kappa shape index (κ2) is 9.10. The van der Waals surface area contributed by atoms with Gasteiger partial charge in [-0.05, 0) is 39.5 Å². The molecule has 0 radical (unpaired) electrons. The van der Waals surface area contributed by atoms with Gasteiger partial charge < -0.3 is 14.2 Å². The Morgan fingerprint density at radius 2 is 1.83 bits per heavy atom. The van der Waals surface area contributed by atoms with E-state index in [2.05, 4.69) is 26.1 Å². The molecule has 0 aliphatic carbocycles. The van der Waals surface area contributed by atoms with Gasteiger partial charge in [0.15, 0.2) is 0 Å². The summed E-state index contributed by atoms with van der Waals surface area (Å²) in [5.74, 6) is 0.662. The van der Waals surface area contributed by atoms with Gasteiger partial charge in [-0.2, -0.15) is 0 Å². The fourth-order valence-electron chi connectivity index (χ4n) is 2.94. The molecular formula is C19H17BrN4O3S2. The maximum absolute atomic E-state index is 12.5. The molecular weight excluding hydrogens is 476 g/mol. The zero-order valence-electron chi connectivity index (χ0n) is 15.3. The Balaban J connectivity index is 1.28. The summed E-state index contributed by atoms with van der Waals surface area (Å²) in [4.78, 5) is 29.2. The molecule has 7 nitrogen and oxygen atoms in total. The van der Waals surface area contributed by atoms with Gasteiger partial charge in [0, 0.05) is 30.7 Å². The molecule has 1 aromatic carbocycles. The number of thiophene rings is 1. The summed E-state index contributed by atoms with van der Waals surface area (Å²) in [5.41, 5.74) is 0.810. The number of nitrogens with zero attached hydrogens (tertiary/aromatic N) is 4. The summed E-state index contributed by atoms with van der Waals surface area (Å²) in [6.45, 7) is 2.14. The lowest BCUT2D eigenvalue weighted by atomic mass is 10.2. The van der Waals surface area contributed by atoms with Crippen LogP contribution in [0.3, 0.4) is 0 Å². The Labute approximate surface area is 184 Å². The van der Waals surface area contributed by atoms with E-state index in [-0.39, 0.29) is 17.6 Å². The maximum Gasteiger partial charge on any atom is 0.277 e. The summed E-state index contributed by atoms with van der Waals surface area (Å²) < 4.78 is 6.53. The SMILES string of the molecule is O=C(CSc1nnc(-c2ccccc2Br)o1)N1CCN(C(=O)c2cccs2)CC1. The van der Waals surface area contributed by atoms with Crippen molar-refractivity contribution >= 4 is 50.8 Å². The van der Waals surface area contributed by atoms with E-state index in [4.69, 9.17) is 4.42 Å². The van der Waals surface area contributed by atoms with Gasteiger partial charge in [0.05, 0.1) is 16.2 Å². The lowest BCUT2D eigenvalue weighted by Gasteiger charge is -2.34. The molecule has 1 aliphatic heterocycles. The lowest BCUT2D eigenvalue weighted by molar-refractivity contribution is -0.129. The standard InChI is InChI=1S/C19H17BrN4O3S2/c20-14-5-2-1-4-13(14)17-21-22-19(27-17)29-12-16(25)23-7-9-24(10-8-23)18(26)15-6-3-11-28-15/h1-6,11H,7-10,12H2. The highest BCUT2D eigenvalue weighted by atomic mass is 79.9. The number of carbonyl (C=O) groups excluding carboxylic acids is 2. The molecule has 1 fully saturated rings. The van der Waals surface area contributed by atoms with E-state index in [1.54, 1.807) is 9.80 Å². The fourth-order valence-corrected chi connectivity index (χ4v) is 4.75. The summed E-state index contributed by atoms with van der Waals surface area (Å²) >= 11 is 6.12. The molecule has 0 bridgehead atoms. The van der Waals surface area contributed by atoms with Crippen LogP contribution in [0.5, 0.6) is 0 Å². The zero-order valence-corrected chi connectivity index (χ0v) is 18.5. The van der Waals surface area contributed by atoms with Crippen LogP contribution < -0.4 is 0 Å². The van der Waals surface area contributed by atoms with Crippen LogP contribution in [0.4, 0.5) is 0 Å². The molecule has 2 aromatic heterocycles. The van der Waals surface area contributed by atoms with E-state index >= 15 is 0 Å². The Kier molecular flexibility index (Phi) is 6.31. The van der Waals surface area contributed by atoms with Crippen LogP contribution in [0.2, 0.25) is 0 Å². The molecule has 29 heavy (non-hydrogen) atoms. The number of piperazine rings is 1. The normalized spacial score (nSPS) is 14.2. The molecule has 0 saturated carbocycles. The maximum atomic E-state index is 12.5. The summed E-state index contributed by atoms with van der Waals surface area (Å²) in [6, 6.07) is 11.3. The molecule has 10 heteroatoms. The van der Waals surface area contributed by atoms with Gasteiger partial charge in [0.2, 0.25) is 11.8 Å². The molecule has 3 aromatic rings. The van der Waals surface area contributed by atoms with Crippen molar-refractivity contribution in [2.75, 3.05) is 31.9 Å². The van der Waals surface area contributed by atoms with Crippen LogP contribution in [0.15, 0.2) is 55.9 Å². The van der Waals surface area contributed by atoms with Crippen LogP contribution in [-0.4, -0.2) is 63.7 Å². The van der Waals surface area contributed by atoms with Crippen LogP contribution in [0, 0.1) is 0 Å². The van der Waals surface area contributed by atoms with Crippen molar-refractivity contribution in [3.63, 3.8) is 0 Å². The number of amides is 2. The van der Waals surface area contributed by atoms with Gasteiger partial charge in [0.25, 0.3) is 11.1 Å². The topological polar surface area (TPSA) is 79.5 Å². The van der Waals surface area contributed by atoms with Crippen molar-refractivity contribution in [3.8, 4) is 11.5 Å². The fraction of sp³-hybridized carbons (Fsp3) is 0.263. The number of halogens is 1. The molecule has 1 saturated heterocycles. The lowest BCUT2D eigenvalue weighted by Crippen LogP contribution is -2.51. The van der Waals surface area contributed by atoms with Gasteiger partial charge in [-0.3, -0.25) is 9.59 Å². The second-order valence-electron chi connectivity index (χ2n) is 6.29. The summed E-state index contributed by atoms with van der Waals surface area (Å²) in [5, 5.41) is 10.3. The third-order valence-electron chi connectivity index (χ3n) is 4.48. The minimum Gasteiger partial charge on any atom is -0.411 e. The first-order valence-electron chi connectivity index (χ1n) is 8.93. The van der Waals surface area contributed by atoms with Gasteiger partial charge in [0.1, 0.15) is 0 Å². The molecule has 0 atom stereocenters. The molecule has 0 N–H and O–H groups in total. The van der Waals surface area contributed by atoms with E-state index in [1.165, 1.54) is 23.1 Å². The first kappa shape index (κ1) is 20.1. The van der Waals surface area contributed by atoms with Gasteiger partial charge >= 0.3 is 0 Å². The Morgan fingerprint density at radius 1 is 1.07 bits per heavy atom. The predicted molar refractivity (Wildman–Crippen MR) is 115 cm³/mol. The second-order valence-corrected chi connectivity index (χ2v) is 9.02. The van der Waals surface area contributed by atoms with E-state index in [9.17, 15) is 9.59 Å². The van der Waals surface area contributed by atoms with Gasteiger partial charge in [-0.15, -0.1) is 21.5 Å². The van der Waals surface area contributed by atoms with Crippen molar-refractivity contribution < 1.29 is 14.0 Å². The van der Waals surface area contributed by atoms with Crippen molar-refractivity contribution in [1.82, 2.24) is 20.0 Å². The number of aromatic nitrogens is 2. The highest BCUT2D eigenvalue weighted by Gasteiger charge is 2.25. The number of rotatable bonds is 5. The molecule has 4 rings (SSSR count). The van der Waals surface area contributed by atoms with E-state index < -0.39 is 0 Å². The van der Waals surface area contributed by atoms with E-state index in [0.717, 1.165) is 14.9 Å². The highest BCUT2D eigenvalue weighted by molar-refractivity contribution is 9.10. The van der Waals surface area contributed by atoms with Crippen molar-refractivity contribution in [2.24, 2.45) is 0 Å². The summed E-state index contributed by atoms with van der Waals surface area (Å²) in [6.07, 6.45) is 0. The van der Waals surface area contributed by atoms with Crippen molar-refractivity contribution in [1.29, 1.82) is 0 Å². The average molecular weight is 493 g/mol. The highest BCUT2D eigenvalue weighted by Crippen LogP contribution is 2.29. The Hall–Kier alpha value is -2.17. The van der Waals surface area contributed by atoms with Crippen LogP contribution in [-0.2, 0) is 4.79 Å². The van der Waals surface area contributed by atoms with Crippen LogP contribution >= 0.6 is 39.0 Å². The quantitative estimate of drug-likeness (QED) is 0.505. The Bertz CT molecular complexity index is 1000. The minimum absolute atomic E-state index is 0.00105. The number of hydrogen-bond acceptors (Lipinski definition) is 7. The zero-order chi connectivity index (χ0) is 20.2. The van der Waals surface area contributed by atoms with E-state index in [0.29, 0.717) is 37.3 Å². The van der Waals surface area contributed by atoms with Crippen LogP contribution in [0.25, 0.3) is 11.5 Å². The third kappa shape index (κ3) is 4.71. The molecule has 1 aliphatic rings. The molecule has 3 heterocycles. The van der Waals surface area contributed by atoms with Gasteiger partial charge in [-0.25, -0.2) is 0 Å². The number of carbonyl (C=O) groups is 2. The minimum atomic E-state index is -0.00105. The smallest absolute Gasteiger partial charge is 0.277 e. The number of thioether (sulfide) groups is 1. The number of benzene rings is 1. The van der Waals surface area contributed by atoms with Gasteiger partial charge in [-0.1, -0.05) is 30.0 Å². The predicted octanol–water partition coefficient (Wildman–Crippen LogP) is 3.64. The molecule has 150 valence electrons. The largest absolute Gasteiger partial charge is 0.411 e. The van der Waals surface area contributed by atoms with Crippen molar-refractivity contribution in [2.45, 2.75) is 5.22 Å². The average Bonchev–Trinajstić information content (AvgIpc) is 3.44. The Morgan fingerprint density at radius 3 is 2.55 bits per heavy atom. The monoisotopic (exact) mass is 492 g/mol. The first-order valence-corrected chi connectivity index (χ1v) is 11.6. The molecule has 0 spiro atoms. The van der Waals surface area contributed by atoms with Crippen LogP contribution in [0.1, 0.15) is 9.67 Å². The number of hydrogen-bond donors (Lipinski definition) is 0. The summed E-state index contributed by atoms with van der Waals surface area (Å²) in [7, 11) is 0. The first-order chi connectivity index (χ1) is 14.1. The van der Waals surface area contributed by atoms with Crippen molar-refractivity contribution in [3.05, 3.63) is 51.1 Å². The molecule has 0 unspecified atom stereocenters. The van der Waals surface area contributed by atoms with E-state index in [1.807, 2.05) is 41.8 Å². The third-order valence-corrected chi connectivity index (χ3v) is 6.83. The molecule has 2 amide bonds.